The van der Waals surface area contributed by atoms with Crippen molar-refractivity contribution in [1.29, 1.82) is 0 Å². The minimum absolute atomic E-state index is 0.0106. The fraction of sp³-hybridized carbons (Fsp3) is 0.741. The zero-order chi connectivity index (χ0) is 25.5. The molecule has 0 spiro atoms. The Morgan fingerprint density at radius 2 is 1.74 bits per heavy atom. The summed E-state index contributed by atoms with van der Waals surface area (Å²) in [6.45, 7) is 10.5. The lowest BCUT2D eigenvalue weighted by molar-refractivity contribution is -0.00156. The maximum absolute atomic E-state index is 13.2. The first kappa shape index (κ1) is 28.5. The lowest BCUT2D eigenvalue weighted by Crippen LogP contribution is -2.46. The van der Waals surface area contributed by atoms with Crippen molar-refractivity contribution in [3.05, 3.63) is 29.3 Å². The molecule has 1 heterocycles. The Morgan fingerprint density at radius 1 is 1.06 bits per heavy atom. The minimum atomic E-state index is -0.938. The standard InChI is InChI=1S/C27H39Br3O4/c1-16-6-9-21(28)26(4)12-10-22(29)27(5,33)13-11-23(25(2,3)30)34-24(32)17-7-8-20(31)18(14-17)15-19(16)26/h7-8,14,16,19,21-23,31,33H,6,9-13,15H2,1-5H3/t16?,19?,21-,22+,23-,26-,27-/m0/s1. The Balaban J connectivity index is 2.05. The molecule has 2 aliphatic rings. The van der Waals surface area contributed by atoms with Crippen LogP contribution in [0.5, 0.6) is 5.75 Å². The summed E-state index contributed by atoms with van der Waals surface area (Å²) >= 11 is 11.5. The van der Waals surface area contributed by atoms with E-state index in [0.717, 1.165) is 31.2 Å². The SMILES string of the molecule is CC1CC[C@H](Br)[C@@]2(C)CC[C@@H](Br)[C@@](C)(O)CC[C@@H](C(C)(C)Br)OC(=O)c3ccc(O)c(c3)CC12. The van der Waals surface area contributed by atoms with Gasteiger partial charge in [-0.25, -0.2) is 4.79 Å². The van der Waals surface area contributed by atoms with Crippen molar-refractivity contribution >= 4 is 53.8 Å². The van der Waals surface area contributed by atoms with Gasteiger partial charge >= 0.3 is 5.97 Å². The quantitative estimate of drug-likeness (QED) is 0.240. The van der Waals surface area contributed by atoms with Gasteiger partial charge in [-0.2, -0.15) is 0 Å². The average molecular weight is 667 g/mol. The number of aromatic hydroxyl groups is 1. The van der Waals surface area contributed by atoms with Crippen molar-refractivity contribution in [2.45, 2.75) is 105 Å². The number of hydrogen-bond acceptors (Lipinski definition) is 4. The van der Waals surface area contributed by atoms with Crippen molar-refractivity contribution in [3.8, 4) is 5.75 Å². The largest absolute Gasteiger partial charge is 0.508 e. The van der Waals surface area contributed by atoms with E-state index in [-0.39, 0.29) is 16.0 Å². The van der Waals surface area contributed by atoms with Crippen LogP contribution in [0.15, 0.2) is 18.2 Å². The summed E-state index contributed by atoms with van der Waals surface area (Å²) in [4.78, 5) is 13.4. The maximum atomic E-state index is 13.2. The highest BCUT2D eigenvalue weighted by Crippen LogP contribution is 2.53. The van der Waals surface area contributed by atoms with Crippen LogP contribution < -0.4 is 0 Å². The van der Waals surface area contributed by atoms with Gasteiger partial charge in [0.05, 0.1) is 15.5 Å². The van der Waals surface area contributed by atoms with E-state index in [9.17, 15) is 15.0 Å². The van der Waals surface area contributed by atoms with Crippen LogP contribution >= 0.6 is 47.8 Å². The Hall–Kier alpha value is -0.110. The number of esters is 1. The lowest BCUT2D eigenvalue weighted by Gasteiger charge is -2.50. The molecule has 1 aromatic rings. The molecule has 7 heteroatoms. The van der Waals surface area contributed by atoms with Gasteiger partial charge in [0.1, 0.15) is 11.9 Å². The summed E-state index contributed by atoms with van der Waals surface area (Å²) in [6.07, 6.45) is 5.33. The van der Waals surface area contributed by atoms with Crippen molar-refractivity contribution < 1.29 is 19.7 Å². The molecule has 2 N–H and O–H groups in total. The van der Waals surface area contributed by atoms with E-state index in [1.54, 1.807) is 12.1 Å². The number of hydrogen-bond donors (Lipinski definition) is 2. The van der Waals surface area contributed by atoms with Crippen LogP contribution in [0.4, 0.5) is 0 Å². The highest BCUT2D eigenvalue weighted by atomic mass is 79.9. The molecule has 0 saturated heterocycles. The van der Waals surface area contributed by atoms with E-state index >= 15 is 0 Å². The van der Waals surface area contributed by atoms with Crippen LogP contribution in [0, 0.1) is 17.3 Å². The van der Waals surface area contributed by atoms with Gasteiger partial charge in [0.25, 0.3) is 0 Å². The molecule has 7 atom stereocenters. The molecule has 192 valence electrons. The van der Waals surface area contributed by atoms with E-state index in [2.05, 4.69) is 61.6 Å². The summed E-state index contributed by atoms with van der Waals surface area (Å²) in [5, 5.41) is 22.1. The maximum Gasteiger partial charge on any atom is 0.338 e. The molecule has 0 aromatic heterocycles. The van der Waals surface area contributed by atoms with Crippen LogP contribution in [0.1, 0.15) is 89.1 Å². The molecule has 1 fully saturated rings. The van der Waals surface area contributed by atoms with E-state index in [1.807, 2.05) is 26.8 Å². The molecule has 1 aromatic carbocycles. The second-order valence-electron chi connectivity index (χ2n) is 11.5. The molecule has 0 amide bonds. The first-order chi connectivity index (χ1) is 15.6. The number of phenolic OH excluding ortho intramolecular Hbond substituents is 1. The number of rotatable bonds is 1. The summed E-state index contributed by atoms with van der Waals surface area (Å²) in [5.41, 5.74) is 0.303. The molecule has 2 unspecified atom stereocenters. The van der Waals surface area contributed by atoms with Crippen LogP contribution in [0.3, 0.4) is 0 Å². The Labute approximate surface area is 230 Å². The highest BCUT2D eigenvalue weighted by molar-refractivity contribution is 9.10. The molecule has 4 nitrogen and oxygen atoms in total. The minimum Gasteiger partial charge on any atom is -0.508 e. The summed E-state index contributed by atoms with van der Waals surface area (Å²) in [6, 6.07) is 5.07. The van der Waals surface area contributed by atoms with Crippen molar-refractivity contribution in [3.63, 3.8) is 0 Å². The number of phenols is 1. The number of alkyl halides is 3. The van der Waals surface area contributed by atoms with E-state index < -0.39 is 22.0 Å². The third-order valence-electron chi connectivity index (χ3n) is 8.42. The van der Waals surface area contributed by atoms with Crippen molar-refractivity contribution in [1.82, 2.24) is 0 Å². The number of ether oxygens (including phenoxy) is 1. The predicted molar refractivity (Wildman–Crippen MR) is 149 cm³/mol. The molecule has 1 aliphatic carbocycles. The average Bonchev–Trinajstić information content (AvgIpc) is 2.75. The Bertz CT molecular complexity index is 881. The third-order valence-corrected chi connectivity index (χ3v) is 11.9. The first-order valence-corrected chi connectivity index (χ1v) is 15.0. The zero-order valence-electron chi connectivity index (χ0n) is 20.9. The molecule has 1 aliphatic heterocycles. The fourth-order valence-electron chi connectivity index (χ4n) is 5.78. The highest BCUT2D eigenvalue weighted by Gasteiger charge is 2.47. The summed E-state index contributed by atoms with van der Waals surface area (Å²) in [7, 11) is 0. The molecule has 1 saturated carbocycles. The second kappa shape index (κ2) is 10.7. The van der Waals surface area contributed by atoms with Gasteiger partial charge in [-0.15, -0.1) is 0 Å². The number of fused-ring (bicyclic) bond motifs is 3. The van der Waals surface area contributed by atoms with Crippen molar-refractivity contribution in [2.75, 3.05) is 0 Å². The number of carbonyl (C=O) groups excluding carboxylic acids is 1. The normalized spacial score (nSPS) is 38.3. The van der Waals surface area contributed by atoms with Gasteiger partial charge in [-0.3, -0.25) is 0 Å². The van der Waals surface area contributed by atoms with Gasteiger partial charge in [-0.05, 0) is 107 Å². The lowest BCUT2D eigenvalue weighted by atomic mass is 9.59. The fourth-order valence-corrected chi connectivity index (χ4v) is 7.39. The first-order valence-electron chi connectivity index (χ1n) is 12.4. The number of halogens is 3. The van der Waals surface area contributed by atoms with Gasteiger partial charge < -0.3 is 14.9 Å². The van der Waals surface area contributed by atoms with Crippen LogP contribution in [0.25, 0.3) is 0 Å². The number of aliphatic hydroxyl groups is 1. The van der Waals surface area contributed by atoms with Crippen LogP contribution in [0.2, 0.25) is 0 Å². The molecule has 2 bridgehead atoms. The third kappa shape index (κ3) is 6.23. The second-order valence-corrected chi connectivity index (χ2v) is 15.8. The van der Waals surface area contributed by atoms with Gasteiger partial charge in [0.15, 0.2) is 0 Å². The molecule has 3 rings (SSSR count). The molecular formula is C27H39Br3O4. The van der Waals surface area contributed by atoms with Gasteiger partial charge in [-0.1, -0.05) is 61.6 Å². The smallest absolute Gasteiger partial charge is 0.338 e. The summed E-state index contributed by atoms with van der Waals surface area (Å²) in [5.74, 6) is 0.636. The predicted octanol–water partition coefficient (Wildman–Crippen LogP) is 7.54. The zero-order valence-corrected chi connectivity index (χ0v) is 25.7. The molecule has 34 heavy (non-hydrogen) atoms. The number of benzene rings is 1. The van der Waals surface area contributed by atoms with Gasteiger partial charge in [0, 0.05) is 9.65 Å². The number of cyclic esters (lactones) is 1. The Kier molecular flexibility index (Phi) is 8.96. The number of carbonyl (C=O) groups is 1. The van der Waals surface area contributed by atoms with E-state index in [0.29, 0.717) is 41.5 Å². The van der Waals surface area contributed by atoms with Crippen LogP contribution in [-0.2, 0) is 11.2 Å². The molecule has 0 radical (unpaired) electrons. The topological polar surface area (TPSA) is 66.8 Å². The summed E-state index contributed by atoms with van der Waals surface area (Å²) < 4.78 is 5.51. The van der Waals surface area contributed by atoms with Gasteiger partial charge in [0.2, 0.25) is 0 Å². The molecular weight excluding hydrogens is 628 g/mol. The van der Waals surface area contributed by atoms with E-state index in [1.165, 1.54) is 0 Å². The van der Waals surface area contributed by atoms with E-state index in [4.69, 9.17) is 4.74 Å². The monoisotopic (exact) mass is 664 g/mol. The van der Waals surface area contributed by atoms with Crippen molar-refractivity contribution in [2.24, 2.45) is 17.3 Å². The van der Waals surface area contributed by atoms with Crippen LogP contribution in [-0.4, -0.2) is 41.9 Å². The Morgan fingerprint density at radius 3 is 2.38 bits per heavy atom.